The van der Waals surface area contributed by atoms with Gasteiger partial charge in [-0.2, -0.15) is 0 Å². The Morgan fingerprint density at radius 1 is 1.44 bits per heavy atom. The summed E-state index contributed by atoms with van der Waals surface area (Å²) in [5.41, 5.74) is -0.425. The Hall–Kier alpha value is -0.570. The second-order valence-electron chi connectivity index (χ2n) is 4.77. The molecular weight excluding hydrogens is 202 g/mol. The Morgan fingerprint density at radius 2 is 2.06 bits per heavy atom. The van der Waals surface area contributed by atoms with Crippen LogP contribution in [-0.4, -0.2) is 24.2 Å². The van der Waals surface area contributed by atoms with Crippen LogP contribution in [-0.2, 0) is 9.53 Å². The molecule has 1 saturated carbocycles. The smallest absolute Gasteiger partial charge is 0.326 e. The molecule has 0 saturated heterocycles. The van der Waals surface area contributed by atoms with Crippen LogP contribution in [0.15, 0.2) is 0 Å². The third-order valence-electron chi connectivity index (χ3n) is 3.59. The summed E-state index contributed by atoms with van der Waals surface area (Å²) < 4.78 is 5.24. The molecule has 3 nitrogen and oxygen atoms in total. The molecule has 0 spiro atoms. The van der Waals surface area contributed by atoms with E-state index in [1.54, 1.807) is 0 Å². The predicted octanol–water partition coefficient (Wildman–Crippen LogP) is 2.50. The molecule has 16 heavy (non-hydrogen) atoms. The van der Waals surface area contributed by atoms with Crippen LogP contribution in [0.2, 0.25) is 0 Å². The van der Waals surface area contributed by atoms with Gasteiger partial charge in [0.05, 0.1) is 6.61 Å². The van der Waals surface area contributed by atoms with Crippen molar-refractivity contribution >= 4 is 5.97 Å². The summed E-state index contributed by atoms with van der Waals surface area (Å²) >= 11 is 0. The second-order valence-corrected chi connectivity index (χ2v) is 4.77. The van der Waals surface area contributed by atoms with Crippen molar-refractivity contribution in [1.82, 2.24) is 5.32 Å². The van der Waals surface area contributed by atoms with Gasteiger partial charge in [-0.3, -0.25) is 10.1 Å². The Bertz CT molecular complexity index is 238. The number of rotatable bonds is 7. The number of hydrogen-bond donors (Lipinski definition) is 1. The van der Waals surface area contributed by atoms with Crippen LogP contribution >= 0.6 is 0 Å². The van der Waals surface area contributed by atoms with E-state index >= 15 is 0 Å². The quantitative estimate of drug-likeness (QED) is 0.679. The molecule has 0 bridgehead atoms. The monoisotopic (exact) mass is 227 g/mol. The zero-order chi connectivity index (χ0) is 12.2. The molecule has 2 unspecified atom stereocenters. The highest BCUT2D eigenvalue weighted by atomic mass is 16.5. The van der Waals surface area contributed by atoms with Gasteiger partial charge in [0.2, 0.25) is 0 Å². The summed E-state index contributed by atoms with van der Waals surface area (Å²) in [4.78, 5) is 12.1. The lowest BCUT2D eigenvalue weighted by molar-refractivity contribution is -0.153. The molecule has 0 radical (unpaired) electrons. The minimum Gasteiger partial charge on any atom is -0.465 e. The first-order valence-electron chi connectivity index (χ1n) is 6.55. The molecular formula is C13H25NO2. The van der Waals surface area contributed by atoms with Crippen LogP contribution in [0.4, 0.5) is 0 Å². The van der Waals surface area contributed by atoms with E-state index in [4.69, 9.17) is 4.74 Å². The lowest BCUT2D eigenvalue weighted by Gasteiger charge is -2.34. The fourth-order valence-corrected chi connectivity index (χ4v) is 2.26. The lowest BCUT2D eigenvalue weighted by atomic mass is 9.89. The summed E-state index contributed by atoms with van der Waals surface area (Å²) in [6.07, 6.45) is 4.15. The first kappa shape index (κ1) is 13.5. The Kier molecular flexibility index (Phi) is 4.78. The van der Waals surface area contributed by atoms with E-state index in [9.17, 15) is 4.79 Å². The van der Waals surface area contributed by atoms with Gasteiger partial charge in [0.15, 0.2) is 0 Å². The zero-order valence-corrected chi connectivity index (χ0v) is 11.0. The molecule has 0 aromatic heterocycles. The number of nitrogens with one attached hydrogen (secondary N) is 1. The molecule has 94 valence electrons. The Balaban J connectivity index is 2.77. The molecule has 1 rings (SSSR count). The van der Waals surface area contributed by atoms with Crippen LogP contribution in [0, 0.1) is 5.92 Å². The van der Waals surface area contributed by atoms with Gasteiger partial charge in [-0.05, 0) is 45.4 Å². The van der Waals surface area contributed by atoms with E-state index < -0.39 is 5.54 Å². The van der Waals surface area contributed by atoms with Gasteiger partial charge in [-0.15, -0.1) is 0 Å². The SMILES string of the molecule is CCOC(=O)C(CC)(NC(C)CC)C1CC1. The highest BCUT2D eigenvalue weighted by Crippen LogP contribution is 2.42. The van der Waals surface area contributed by atoms with E-state index in [1.165, 1.54) is 0 Å². The van der Waals surface area contributed by atoms with Crippen molar-refractivity contribution in [3.63, 3.8) is 0 Å². The van der Waals surface area contributed by atoms with Crippen LogP contribution in [0.5, 0.6) is 0 Å². The van der Waals surface area contributed by atoms with Crippen molar-refractivity contribution in [3.05, 3.63) is 0 Å². The van der Waals surface area contributed by atoms with Crippen molar-refractivity contribution in [2.45, 2.75) is 65.0 Å². The van der Waals surface area contributed by atoms with Crippen molar-refractivity contribution in [2.75, 3.05) is 6.61 Å². The number of esters is 1. The summed E-state index contributed by atoms with van der Waals surface area (Å²) in [6.45, 7) is 8.68. The minimum atomic E-state index is -0.425. The fourth-order valence-electron chi connectivity index (χ4n) is 2.26. The Morgan fingerprint density at radius 3 is 2.44 bits per heavy atom. The highest BCUT2D eigenvalue weighted by molar-refractivity contribution is 5.81. The van der Waals surface area contributed by atoms with Crippen LogP contribution in [0.1, 0.15) is 53.4 Å². The molecule has 2 atom stereocenters. The average molecular weight is 227 g/mol. The van der Waals surface area contributed by atoms with Gasteiger partial charge in [-0.25, -0.2) is 0 Å². The van der Waals surface area contributed by atoms with Crippen molar-refractivity contribution in [2.24, 2.45) is 5.92 Å². The summed E-state index contributed by atoms with van der Waals surface area (Å²) in [5.74, 6) is 0.422. The van der Waals surface area contributed by atoms with E-state index in [0.717, 1.165) is 25.7 Å². The van der Waals surface area contributed by atoms with Gasteiger partial charge < -0.3 is 4.74 Å². The minimum absolute atomic E-state index is 0.0553. The molecule has 1 N–H and O–H groups in total. The number of hydrogen-bond acceptors (Lipinski definition) is 3. The highest BCUT2D eigenvalue weighted by Gasteiger charge is 2.50. The molecule has 0 aromatic rings. The topological polar surface area (TPSA) is 38.3 Å². The van der Waals surface area contributed by atoms with Gasteiger partial charge in [0.25, 0.3) is 0 Å². The third kappa shape index (κ3) is 2.76. The first-order valence-corrected chi connectivity index (χ1v) is 6.55. The van der Waals surface area contributed by atoms with E-state index in [1.807, 2.05) is 6.92 Å². The first-order chi connectivity index (χ1) is 7.60. The lowest BCUT2D eigenvalue weighted by Crippen LogP contribution is -2.57. The second kappa shape index (κ2) is 5.67. The van der Waals surface area contributed by atoms with Crippen molar-refractivity contribution < 1.29 is 9.53 Å². The Labute approximate surface area is 98.9 Å². The normalized spacial score (nSPS) is 21.2. The number of carbonyl (C=O) groups is 1. The van der Waals surface area contributed by atoms with Crippen molar-refractivity contribution in [1.29, 1.82) is 0 Å². The third-order valence-corrected chi connectivity index (χ3v) is 3.59. The van der Waals surface area contributed by atoms with E-state index in [-0.39, 0.29) is 5.97 Å². The van der Waals surface area contributed by atoms with Crippen LogP contribution < -0.4 is 5.32 Å². The summed E-state index contributed by atoms with van der Waals surface area (Å²) in [6, 6.07) is 0.366. The van der Waals surface area contributed by atoms with Crippen LogP contribution in [0.25, 0.3) is 0 Å². The van der Waals surface area contributed by atoms with Gasteiger partial charge in [0.1, 0.15) is 5.54 Å². The molecule has 1 fully saturated rings. The van der Waals surface area contributed by atoms with E-state index in [0.29, 0.717) is 18.6 Å². The number of carbonyl (C=O) groups excluding carboxylic acids is 1. The van der Waals surface area contributed by atoms with Gasteiger partial charge in [-0.1, -0.05) is 13.8 Å². The zero-order valence-electron chi connectivity index (χ0n) is 11.0. The molecule has 1 aliphatic rings. The predicted molar refractivity (Wildman–Crippen MR) is 65.3 cm³/mol. The summed E-state index contributed by atoms with van der Waals surface area (Å²) in [5, 5.41) is 3.50. The molecule has 0 amide bonds. The molecule has 0 aliphatic heterocycles. The van der Waals surface area contributed by atoms with Gasteiger partial charge >= 0.3 is 5.97 Å². The molecule has 0 heterocycles. The standard InChI is InChI=1S/C13H25NO2/c1-5-10(4)14-13(6-2,11-8-9-11)12(15)16-7-3/h10-11,14H,5-9H2,1-4H3. The van der Waals surface area contributed by atoms with Crippen LogP contribution in [0.3, 0.4) is 0 Å². The van der Waals surface area contributed by atoms with Gasteiger partial charge in [0, 0.05) is 6.04 Å². The average Bonchev–Trinajstić information content (AvgIpc) is 3.10. The molecule has 0 aromatic carbocycles. The summed E-state index contributed by atoms with van der Waals surface area (Å²) in [7, 11) is 0. The largest absolute Gasteiger partial charge is 0.465 e. The van der Waals surface area contributed by atoms with E-state index in [2.05, 4.69) is 26.1 Å². The maximum atomic E-state index is 12.1. The maximum Gasteiger partial charge on any atom is 0.326 e. The maximum absolute atomic E-state index is 12.1. The van der Waals surface area contributed by atoms with Crippen molar-refractivity contribution in [3.8, 4) is 0 Å². The fraction of sp³-hybridized carbons (Fsp3) is 0.923. The molecule has 1 aliphatic carbocycles. The number of ether oxygens (including phenoxy) is 1. The molecule has 3 heteroatoms.